The molecule has 2 aliphatic rings. The van der Waals surface area contributed by atoms with Gasteiger partial charge in [0, 0.05) is 34.5 Å². The SMILES string of the molecule is Clc1ccc(Cn2ccc3nc(-c4ccc(Cl)cc4)nc-3c2)cc1. The topological polar surface area (TPSA) is 30.7 Å². The van der Waals surface area contributed by atoms with E-state index in [-0.39, 0.29) is 0 Å². The zero-order chi connectivity index (χ0) is 16.5. The van der Waals surface area contributed by atoms with E-state index < -0.39 is 0 Å². The number of hydrogen-bond donors (Lipinski definition) is 0. The van der Waals surface area contributed by atoms with Crippen molar-refractivity contribution in [1.29, 1.82) is 0 Å². The summed E-state index contributed by atoms with van der Waals surface area (Å²) < 4.78 is 2.09. The van der Waals surface area contributed by atoms with Gasteiger partial charge >= 0.3 is 0 Å². The molecule has 2 aromatic carbocycles. The number of rotatable bonds is 3. The highest BCUT2D eigenvalue weighted by atomic mass is 35.5. The van der Waals surface area contributed by atoms with E-state index in [0.29, 0.717) is 10.8 Å². The van der Waals surface area contributed by atoms with Crippen molar-refractivity contribution in [3.63, 3.8) is 0 Å². The van der Waals surface area contributed by atoms with Crippen LogP contribution in [0.5, 0.6) is 0 Å². The summed E-state index contributed by atoms with van der Waals surface area (Å²) in [6.45, 7) is 0.760. The van der Waals surface area contributed by atoms with E-state index in [4.69, 9.17) is 23.2 Å². The van der Waals surface area contributed by atoms with Gasteiger partial charge in [0.15, 0.2) is 5.82 Å². The van der Waals surface area contributed by atoms with Crippen LogP contribution >= 0.6 is 23.2 Å². The van der Waals surface area contributed by atoms with Crippen molar-refractivity contribution >= 4 is 23.2 Å². The lowest BCUT2D eigenvalue weighted by Gasteiger charge is -2.08. The second-order valence-corrected chi connectivity index (χ2v) is 6.44. The molecule has 3 nitrogen and oxygen atoms in total. The first kappa shape index (κ1) is 15.2. The fourth-order valence-electron chi connectivity index (χ4n) is 2.58. The Balaban J connectivity index is 1.65. The summed E-state index contributed by atoms with van der Waals surface area (Å²) in [5, 5.41) is 1.45. The molecule has 0 fully saturated rings. The predicted molar refractivity (Wildman–Crippen MR) is 97.6 cm³/mol. The summed E-state index contributed by atoms with van der Waals surface area (Å²) in [4.78, 5) is 9.22. The van der Waals surface area contributed by atoms with Gasteiger partial charge in [-0.15, -0.1) is 0 Å². The predicted octanol–water partition coefficient (Wildman–Crippen LogP) is 5.41. The van der Waals surface area contributed by atoms with Gasteiger partial charge in [-0.2, -0.15) is 0 Å². The number of nitrogens with zero attached hydrogens (tertiary/aromatic N) is 3. The van der Waals surface area contributed by atoms with E-state index in [2.05, 4.69) is 14.5 Å². The van der Waals surface area contributed by atoms with Crippen LogP contribution in [0.4, 0.5) is 0 Å². The zero-order valence-corrected chi connectivity index (χ0v) is 14.2. The van der Waals surface area contributed by atoms with Gasteiger partial charge in [-0.25, -0.2) is 9.97 Å². The Bertz CT molecular complexity index is 943. The van der Waals surface area contributed by atoms with Crippen molar-refractivity contribution in [2.24, 2.45) is 0 Å². The molecule has 0 saturated heterocycles. The molecule has 0 saturated carbocycles. The fourth-order valence-corrected chi connectivity index (χ4v) is 2.83. The van der Waals surface area contributed by atoms with Crippen molar-refractivity contribution in [3.05, 3.63) is 82.6 Å². The third-order valence-electron chi connectivity index (χ3n) is 3.81. The molecular formula is C19H13Cl2N3. The van der Waals surface area contributed by atoms with Gasteiger partial charge in [-0.3, -0.25) is 0 Å². The molecule has 24 heavy (non-hydrogen) atoms. The average Bonchev–Trinajstić information content (AvgIpc) is 3.01. The molecule has 0 aliphatic carbocycles. The normalized spacial score (nSPS) is 11.1. The summed E-state index contributed by atoms with van der Waals surface area (Å²) >= 11 is 11.9. The second kappa shape index (κ2) is 6.27. The largest absolute Gasteiger partial charge is 0.348 e. The maximum atomic E-state index is 5.93. The van der Waals surface area contributed by atoms with Crippen molar-refractivity contribution < 1.29 is 0 Å². The Morgan fingerprint density at radius 2 is 1.38 bits per heavy atom. The van der Waals surface area contributed by atoms with E-state index in [1.807, 2.05) is 67.0 Å². The van der Waals surface area contributed by atoms with Crippen molar-refractivity contribution in [1.82, 2.24) is 14.5 Å². The highest BCUT2D eigenvalue weighted by Gasteiger charge is 2.12. The lowest BCUT2D eigenvalue weighted by Crippen LogP contribution is -2.00. The maximum Gasteiger partial charge on any atom is 0.160 e. The first-order valence-electron chi connectivity index (χ1n) is 7.51. The van der Waals surface area contributed by atoms with Crippen molar-refractivity contribution in [2.45, 2.75) is 6.54 Å². The third-order valence-corrected chi connectivity index (χ3v) is 4.31. The van der Waals surface area contributed by atoms with E-state index in [1.54, 1.807) is 0 Å². The van der Waals surface area contributed by atoms with Crippen LogP contribution in [0.3, 0.4) is 0 Å². The molecule has 4 rings (SSSR count). The number of aromatic nitrogens is 3. The Kier molecular flexibility index (Phi) is 3.97. The van der Waals surface area contributed by atoms with Gasteiger partial charge in [-0.1, -0.05) is 35.3 Å². The molecule has 0 radical (unpaired) electrons. The molecule has 0 N–H and O–H groups in total. The molecule has 0 unspecified atom stereocenters. The quantitative estimate of drug-likeness (QED) is 0.493. The average molecular weight is 354 g/mol. The Labute approximate surface area is 149 Å². The minimum Gasteiger partial charge on any atom is -0.348 e. The Morgan fingerprint density at radius 3 is 2.08 bits per heavy atom. The molecule has 2 heterocycles. The number of fused-ring (bicyclic) bond motifs is 1. The fraction of sp³-hybridized carbons (Fsp3) is 0.0526. The summed E-state index contributed by atoms with van der Waals surface area (Å²) in [5.41, 5.74) is 3.89. The van der Waals surface area contributed by atoms with Crippen LogP contribution in [0.2, 0.25) is 10.0 Å². The van der Waals surface area contributed by atoms with Crippen LogP contribution < -0.4 is 0 Å². The molecule has 0 bridgehead atoms. The van der Waals surface area contributed by atoms with Crippen LogP contribution in [0.15, 0.2) is 67.0 Å². The summed E-state index contributed by atoms with van der Waals surface area (Å²) in [5.74, 6) is 0.714. The van der Waals surface area contributed by atoms with E-state index >= 15 is 0 Å². The third kappa shape index (κ3) is 3.14. The molecule has 118 valence electrons. The zero-order valence-electron chi connectivity index (χ0n) is 12.7. The highest BCUT2D eigenvalue weighted by molar-refractivity contribution is 6.30. The molecule has 0 aromatic heterocycles. The molecule has 0 amide bonds. The van der Waals surface area contributed by atoms with Crippen molar-refractivity contribution in [2.75, 3.05) is 0 Å². The maximum absolute atomic E-state index is 5.93. The molecule has 0 atom stereocenters. The van der Waals surface area contributed by atoms with Crippen LogP contribution in [-0.4, -0.2) is 14.5 Å². The lowest BCUT2D eigenvalue weighted by molar-refractivity contribution is 0.789. The van der Waals surface area contributed by atoms with Crippen LogP contribution in [-0.2, 0) is 6.54 Å². The summed E-state index contributed by atoms with van der Waals surface area (Å²) in [6, 6.07) is 17.4. The number of benzene rings is 2. The van der Waals surface area contributed by atoms with Gasteiger partial charge in [-0.05, 0) is 48.0 Å². The molecule has 5 heteroatoms. The van der Waals surface area contributed by atoms with Gasteiger partial charge in [0.2, 0.25) is 0 Å². The summed E-state index contributed by atoms with van der Waals surface area (Å²) in [7, 11) is 0. The van der Waals surface area contributed by atoms with Gasteiger partial charge in [0.25, 0.3) is 0 Å². The van der Waals surface area contributed by atoms with Crippen LogP contribution in [0.1, 0.15) is 5.56 Å². The van der Waals surface area contributed by atoms with E-state index in [9.17, 15) is 0 Å². The number of imidazole rings is 1. The van der Waals surface area contributed by atoms with Gasteiger partial charge in [0.1, 0.15) is 5.69 Å². The molecular weight excluding hydrogens is 341 g/mol. The molecule has 2 aromatic rings. The van der Waals surface area contributed by atoms with Gasteiger partial charge in [0.05, 0.1) is 5.69 Å². The van der Waals surface area contributed by atoms with E-state index in [1.165, 1.54) is 5.56 Å². The smallest absolute Gasteiger partial charge is 0.160 e. The number of pyridine rings is 1. The van der Waals surface area contributed by atoms with Crippen molar-refractivity contribution in [3.8, 4) is 22.8 Å². The van der Waals surface area contributed by atoms with Crippen LogP contribution in [0, 0.1) is 0 Å². The first-order valence-corrected chi connectivity index (χ1v) is 8.27. The standard InChI is InChI=1S/C19H13Cl2N3/c20-15-5-1-13(2-6-15)11-24-10-9-17-18(12-24)23-19(22-17)14-3-7-16(21)8-4-14/h1-10,12H,11H2. The summed E-state index contributed by atoms with van der Waals surface area (Å²) in [6.07, 6.45) is 4.02. The number of hydrogen-bond acceptors (Lipinski definition) is 2. The Morgan fingerprint density at radius 1 is 0.750 bits per heavy atom. The van der Waals surface area contributed by atoms with Crippen LogP contribution in [0.25, 0.3) is 22.8 Å². The lowest BCUT2D eigenvalue weighted by atomic mass is 10.2. The number of halogens is 2. The minimum absolute atomic E-state index is 0.704. The highest BCUT2D eigenvalue weighted by Crippen LogP contribution is 2.25. The van der Waals surface area contributed by atoms with E-state index in [0.717, 1.165) is 28.5 Å². The van der Waals surface area contributed by atoms with Gasteiger partial charge < -0.3 is 4.57 Å². The Hall–Kier alpha value is -2.36. The second-order valence-electron chi connectivity index (χ2n) is 5.57. The monoisotopic (exact) mass is 353 g/mol. The molecule has 2 aliphatic heterocycles. The first-order chi connectivity index (χ1) is 11.7. The molecule has 0 spiro atoms. The minimum atomic E-state index is 0.704.